The van der Waals surface area contributed by atoms with Gasteiger partial charge in [-0.2, -0.15) is 4.98 Å². The first-order valence-electron chi connectivity index (χ1n) is 7.86. The Labute approximate surface area is 144 Å². The van der Waals surface area contributed by atoms with Crippen molar-refractivity contribution in [3.05, 3.63) is 71.9 Å². The Morgan fingerprint density at radius 1 is 1.00 bits per heavy atom. The van der Waals surface area contributed by atoms with Crippen molar-refractivity contribution in [1.82, 2.24) is 20.2 Å². The predicted octanol–water partition coefficient (Wildman–Crippen LogP) is 3.58. The molecule has 4 aromatic rings. The summed E-state index contributed by atoms with van der Waals surface area (Å²) in [5.74, 6) is 0.578. The summed E-state index contributed by atoms with van der Waals surface area (Å²) in [4.78, 5) is 21.5. The summed E-state index contributed by atoms with van der Waals surface area (Å²) in [6, 6.07) is 18.9. The normalized spacial score (nSPS) is 10.8. The molecule has 0 bridgehead atoms. The lowest BCUT2D eigenvalue weighted by Gasteiger charge is -2.06. The van der Waals surface area contributed by atoms with Crippen LogP contribution in [0, 0.1) is 6.92 Å². The van der Waals surface area contributed by atoms with Gasteiger partial charge in [0.2, 0.25) is 5.95 Å². The number of fused-ring (bicyclic) bond motifs is 1. The van der Waals surface area contributed by atoms with Crippen LogP contribution in [0.1, 0.15) is 16.1 Å². The molecule has 0 saturated heterocycles. The van der Waals surface area contributed by atoms with Crippen molar-refractivity contribution in [3.8, 4) is 11.4 Å². The fraction of sp³-hybridized carbons (Fsp3) is 0.0526. The molecular formula is C19H15N5O. The molecule has 0 unspecified atom stereocenters. The average Bonchev–Trinajstić information content (AvgIpc) is 3.10. The first-order chi connectivity index (χ1) is 12.2. The molecule has 0 fully saturated rings. The van der Waals surface area contributed by atoms with Crippen molar-refractivity contribution in [2.24, 2.45) is 0 Å². The molecule has 4 rings (SSSR count). The van der Waals surface area contributed by atoms with Crippen LogP contribution in [-0.4, -0.2) is 26.1 Å². The fourth-order valence-corrected chi connectivity index (χ4v) is 2.71. The van der Waals surface area contributed by atoms with Gasteiger partial charge in [-0.1, -0.05) is 48.5 Å². The number of rotatable bonds is 3. The quantitative estimate of drug-likeness (QED) is 0.602. The zero-order chi connectivity index (χ0) is 17.2. The summed E-state index contributed by atoms with van der Waals surface area (Å²) < 4.78 is 0. The van der Waals surface area contributed by atoms with E-state index in [0.717, 1.165) is 22.2 Å². The number of hydrogen-bond donors (Lipinski definition) is 2. The Balaban J connectivity index is 1.64. The van der Waals surface area contributed by atoms with Gasteiger partial charge in [0.1, 0.15) is 0 Å². The van der Waals surface area contributed by atoms with Gasteiger partial charge in [0.25, 0.3) is 5.91 Å². The van der Waals surface area contributed by atoms with Crippen LogP contribution in [0.25, 0.3) is 22.3 Å². The number of nitrogens with one attached hydrogen (secondary N) is 2. The van der Waals surface area contributed by atoms with Crippen molar-refractivity contribution in [1.29, 1.82) is 0 Å². The second kappa shape index (κ2) is 6.16. The van der Waals surface area contributed by atoms with Gasteiger partial charge >= 0.3 is 0 Å². The van der Waals surface area contributed by atoms with E-state index in [2.05, 4.69) is 25.5 Å². The number of carbonyl (C=O) groups excluding carboxylic acids is 1. The summed E-state index contributed by atoms with van der Waals surface area (Å²) in [6.45, 7) is 1.86. The molecule has 25 heavy (non-hydrogen) atoms. The fourth-order valence-electron chi connectivity index (χ4n) is 2.71. The molecule has 0 aliphatic heterocycles. The number of carbonyl (C=O) groups is 1. The number of aryl methyl sites for hydroxylation is 1. The average molecular weight is 329 g/mol. The monoisotopic (exact) mass is 329 g/mol. The van der Waals surface area contributed by atoms with Crippen LogP contribution in [0.15, 0.2) is 60.7 Å². The number of aromatic nitrogens is 4. The molecule has 2 heterocycles. The number of anilines is 1. The molecule has 6 nitrogen and oxygen atoms in total. The molecule has 0 aliphatic rings. The summed E-state index contributed by atoms with van der Waals surface area (Å²) in [6.07, 6.45) is 0. The van der Waals surface area contributed by atoms with Crippen LogP contribution >= 0.6 is 0 Å². The minimum Gasteiger partial charge on any atom is -0.289 e. The number of hydrogen-bond acceptors (Lipinski definition) is 4. The van der Waals surface area contributed by atoms with Gasteiger partial charge in [-0.25, -0.2) is 0 Å². The van der Waals surface area contributed by atoms with E-state index in [1.54, 1.807) is 6.07 Å². The van der Waals surface area contributed by atoms with Gasteiger partial charge in [0, 0.05) is 16.6 Å². The standard InChI is InChI=1S/C19H15N5O/c1-12-11-15(14-9-5-6-10-16(14)20-12)18(25)22-19-21-17(23-24-19)13-7-3-2-4-8-13/h2-11H,1H3,(H2,21,22,23,24,25). The minimum absolute atomic E-state index is 0.238. The van der Waals surface area contributed by atoms with E-state index >= 15 is 0 Å². The van der Waals surface area contributed by atoms with Crippen molar-refractivity contribution < 1.29 is 4.79 Å². The summed E-state index contributed by atoms with van der Waals surface area (Å²) >= 11 is 0. The number of nitrogens with zero attached hydrogens (tertiary/aromatic N) is 3. The van der Waals surface area contributed by atoms with E-state index in [4.69, 9.17) is 0 Å². The van der Waals surface area contributed by atoms with Crippen LogP contribution < -0.4 is 5.32 Å². The van der Waals surface area contributed by atoms with Gasteiger partial charge in [0.15, 0.2) is 5.82 Å². The maximum atomic E-state index is 12.7. The minimum atomic E-state index is -0.264. The third-order valence-electron chi connectivity index (χ3n) is 3.85. The van der Waals surface area contributed by atoms with Gasteiger partial charge < -0.3 is 0 Å². The molecule has 0 radical (unpaired) electrons. The van der Waals surface area contributed by atoms with Crippen LogP contribution in [0.2, 0.25) is 0 Å². The second-order valence-electron chi connectivity index (χ2n) is 5.66. The van der Waals surface area contributed by atoms with E-state index < -0.39 is 0 Å². The molecule has 2 aromatic carbocycles. The van der Waals surface area contributed by atoms with E-state index in [0.29, 0.717) is 11.4 Å². The number of aromatic amines is 1. The highest BCUT2D eigenvalue weighted by atomic mass is 16.1. The van der Waals surface area contributed by atoms with Gasteiger partial charge in [-0.05, 0) is 19.1 Å². The smallest absolute Gasteiger partial charge is 0.258 e. The molecule has 1 amide bonds. The maximum Gasteiger partial charge on any atom is 0.258 e. The maximum absolute atomic E-state index is 12.7. The van der Waals surface area contributed by atoms with Crippen molar-refractivity contribution >= 4 is 22.8 Å². The molecular weight excluding hydrogens is 314 g/mol. The van der Waals surface area contributed by atoms with E-state index in [9.17, 15) is 4.79 Å². The molecule has 0 saturated carbocycles. The molecule has 2 aromatic heterocycles. The highest BCUT2D eigenvalue weighted by Crippen LogP contribution is 2.20. The van der Waals surface area contributed by atoms with E-state index in [1.807, 2.05) is 61.5 Å². The Kier molecular flexibility index (Phi) is 3.70. The zero-order valence-electron chi connectivity index (χ0n) is 13.5. The molecule has 122 valence electrons. The Morgan fingerprint density at radius 2 is 1.76 bits per heavy atom. The Hall–Kier alpha value is -3.54. The van der Waals surface area contributed by atoms with Gasteiger partial charge in [-0.15, -0.1) is 5.10 Å². The third-order valence-corrected chi connectivity index (χ3v) is 3.85. The first kappa shape index (κ1) is 15.0. The third kappa shape index (κ3) is 2.97. The number of amides is 1. The second-order valence-corrected chi connectivity index (χ2v) is 5.66. The Bertz CT molecular complexity index is 1060. The topological polar surface area (TPSA) is 83.6 Å². The van der Waals surface area contributed by atoms with E-state index in [-0.39, 0.29) is 11.9 Å². The lowest BCUT2D eigenvalue weighted by atomic mass is 10.1. The summed E-state index contributed by atoms with van der Waals surface area (Å²) in [5, 5.41) is 10.5. The van der Waals surface area contributed by atoms with Crippen molar-refractivity contribution in [2.45, 2.75) is 6.92 Å². The summed E-state index contributed by atoms with van der Waals surface area (Å²) in [7, 11) is 0. The number of para-hydroxylation sites is 1. The predicted molar refractivity (Wildman–Crippen MR) is 96.3 cm³/mol. The number of pyridine rings is 1. The highest BCUT2D eigenvalue weighted by molar-refractivity contribution is 6.11. The number of H-pyrrole nitrogens is 1. The van der Waals surface area contributed by atoms with Gasteiger partial charge in [0.05, 0.1) is 11.1 Å². The lowest BCUT2D eigenvalue weighted by molar-refractivity contribution is 0.102. The van der Waals surface area contributed by atoms with Gasteiger partial charge in [-0.3, -0.25) is 20.2 Å². The van der Waals surface area contributed by atoms with Crippen LogP contribution in [0.3, 0.4) is 0 Å². The van der Waals surface area contributed by atoms with E-state index in [1.165, 1.54) is 0 Å². The van der Waals surface area contributed by atoms with Crippen molar-refractivity contribution in [2.75, 3.05) is 5.32 Å². The molecule has 0 aliphatic carbocycles. The van der Waals surface area contributed by atoms with Crippen LogP contribution in [0.5, 0.6) is 0 Å². The molecule has 0 atom stereocenters. The lowest BCUT2D eigenvalue weighted by Crippen LogP contribution is -2.14. The zero-order valence-corrected chi connectivity index (χ0v) is 13.5. The Morgan fingerprint density at radius 3 is 2.60 bits per heavy atom. The molecule has 6 heteroatoms. The largest absolute Gasteiger partial charge is 0.289 e. The van der Waals surface area contributed by atoms with Crippen LogP contribution in [0.4, 0.5) is 5.95 Å². The molecule has 2 N–H and O–H groups in total. The molecule has 0 spiro atoms. The summed E-state index contributed by atoms with van der Waals surface area (Å²) in [5.41, 5.74) is 3.02. The number of benzene rings is 2. The highest BCUT2D eigenvalue weighted by Gasteiger charge is 2.14. The first-order valence-corrected chi connectivity index (χ1v) is 7.86. The van der Waals surface area contributed by atoms with Crippen LogP contribution in [-0.2, 0) is 0 Å². The van der Waals surface area contributed by atoms with Crippen molar-refractivity contribution in [3.63, 3.8) is 0 Å². The SMILES string of the molecule is Cc1cc(C(=O)Nc2n[nH]c(-c3ccccc3)n2)c2ccccc2n1.